The predicted molar refractivity (Wildman–Crippen MR) is 145 cm³/mol. The summed E-state index contributed by atoms with van der Waals surface area (Å²) in [5, 5.41) is 12.9. The first-order valence-corrected chi connectivity index (χ1v) is 13.8. The van der Waals surface area contributed by atoms with Crippen molar-refractivity contribution in [2.24, 2.45) is 11.8 Å². The summed E-state index contributed by atoms with van der Waals surface area (Å²) in [5.74, 6) is -0.439. The Hall–Kier alpha value is -1.97. The van der Waals surface area contributed by atoms with Gasteiger partial charge < -0.3 is 25.0 Å². The van der Waals surface area contributed by atoms with Crippen LogP contribution in [0, 0.1) is 11.8 Å². The highest BCUT2D eigenvalue weighted by Crippen LogP contribution is 2.27. The Labute approximate surface area is 223 Å². The highest BCUT2D eigenvalue weighted by molar-refractivity contribution is 5.94. The lowest BCUT2D eigenvalue weighted by molar-refractivity contribution is -0.139. The number of amides is 3. The average Bonchev–Trinajstić information content (AvgIpc) is 3.26. The molecule has 9 nitrogen and oxygen atoms in total. The molecule has 2 aliphatic rings. The van der Waals surface area contributed by atoms with Gasteiger partial charge >= 0.3 is 0 Å². The number of hydrogen-bond acceptors (Lipinski definition) is 6. The molecule has 3 amide bonds. The van der Waals surface area contributed by atoms with Crippen molar-refractivity contribution >= 4 is 17.7 Å². The zero-order valence-electron chi connectivity index (χ0n) is 24.2. The van der Waals surface area contributed by atoms with E-state index in [1.165, 1.54) is 0 Å². The number of nitrogens with zero attached hydrogens (tertiary/aromatic N) is 3. The van der Waals surface area contributed by atoms with Crippen molar-refractivity contribution in [2.75, 3.05) is 41.0 Å². The number of methoxy groups -OCH3 is 1. The fourth-order valence-corrected chi connectivity index (χ4v) is 5.65. The molecule has 212 valence electrons. The van der Waals surface area contributed by atoms with Gasteiger partial charge in [0.25, 0.3) is 0 Å². The van der Waals surface area contributed by atoms with Crippen LogP contribution in [0.3, 0.4) is 0 Å². The Balaban J connectivity index is 2.22. The second kappa shape index (κ2) is 14.3. The van der Waals surface area contributed by atoms with Gasteiger partial charge in [-0.25, -0.2) is 0 Å². The van der Waals surface area contributed by atoms with Crippen LogP contribution in [0.1, 0.15) is 66.7 Å². The fourth-order valence-electron chi connectivity index (χ4n) is 5.65. The number of nitrogens with one attached hydrogen (secondary N) is 1. The average molecular weight is 523 g/mol. The van der Waals surface area contributed by atoms with Gasteiger partial charge in [0.1, 0.15) is 6.04 Å². The van der Waals surface area contributed by atoms with E-state index in [0.717, 1.165) is 38.6 Å². The van der Waals surface area contributed by atoms with Crippen LogP contribution in [0.15, 0.2) is 11.6 Å². The molecule has 2 fully saturated rings. The van der Waals surface area contributed by atoms with Crippen LogP contribution in [-0.2, 0) is 19.1 Å². The predicted octanol–water partition coefficient (Wildman–Crippen LogP) is 2.04. The lowest BCUT2D eigenvalue weighted by Crippen LogP contribution is -2.57. The van der Waals surface area contributed by atoms with Crippen LogP contribution in [0.25, 0.3) is 0 Å². The van der Waals surface area contributed by atoms with E-state index in [1.54, 1.807) is 30.9 Å². The number of ether oxygens (including phenoxy) is 1. The highest BCUT2D eigenvalue weighted by Gasteiger charge is 2.38. The van der Waals surface area contributed by atoms with Crippen molar-refractivity contribution in [2.45, 2.75) is 96.9 Å². The Kier molecular flexibility index (Phi) is 12.0. The molecule has 0 aromatic carbocycles. The van der Waals surface area contributed by atoms with Gasteiger partial charge in [0.05, 0.1) is 37.4 Å². The molecule has 0 spiro atoms. The van der Waals surface area contributed by atoms with Crippen molar-refractivity contribution in [3.63, 3.8) is 0 Å². The van der Waals surface area contributed by atoms with Gasteiger partial charge in [0, 0.05) is 19.7 Å². The Morgan fingerprint density at radius 2 is 1.73 bits per heavy atom. The van der Waals surface area contributed by atoms with E-state index in [-0.39, 0.29) is 60.3 Å². The standard InChI is InChI=1S/C28H50N4O5/c1-18(2)24(15-20(5)27(35)32-21(16-33)12-13-22(32)17-37-8)31(7)28(36)25(19(3)4)29-26(34)23-11-9-10-14-30(23)6/h15,18-19,21-25,33H,9-14,16-17H2,1-8H3,(H,29,34)/t21-,22-,23+,24+,25-/m0/s1. The number of piperidine rings is 1. The molecule has 37 heavy (non-hydrogen) atoms. The van der Waals surface area contributed by atoms with E-state index < -0.39 is 6.04 Å². The zero-order chi connectivity index (χ0) is 27.9. The van der Waals surface area contributed by atoms with Crippen molar-refractivity contribution in [3.8, 4) is 0 Å². The van der Waals surface area contributed by atoms with E-state index in [0.29, 0.717) is 12.2 Å². The molecule has 2 aliphatic heterocycles. The summed E-state index contributed by atoms with van der Waals surface area (Å²) in [7, 11) is 5.32. The summed E-state index contributed by atoms with van der Waals surface area (Å²) in [6.07, 6.45) is 6.27. The van der Waals surface area contributed by atoms with Crippen molar-refractivity contribution in [3.05, 3.63) is 11.6 Å². The van der Waals surface area contributed by atoms with Gasteiger partial charge in [-0.15, -0.1) is 0 Å². The Morgan fingerprint density at radius 1 is 1.08 bits per heavy atom. The van der Waals surface area contributed by atoms with Crippen LogP contribution in [0.2, 0.25) is 0 Å². The Bertz CT molecular complexity index is 814. The quantitative estimate of drug-likeness (QED) is 0.403. The van der Waals surface area contributed by atoms with Gasteiger partial charge in [0.15, 0.2) is 0 Å². The maximum atomic E-state index is 13.7. The lowest BCUT2D eigenvalue weighted by atomic mass is 9.96. The van der Waals surface area contributed by atoms with Gasteiger partial charge in [-0.3, -0.25) is 19.3 Å². The third-order valence-electron chi connectivity index (χ3n) is 7.96. The minimum Gasteiger partial charge on any atom is -0.394 e. The zero-order valence-corrected chi connectivity index (χ0v) is 24.2. The van der Waals surface area contributed by atoms with E-state index in [1.807, 2.05) is 40.8 Å². The number of likely N-dealkylation sites (N-methyl/N-ethyl adjacent to an activating group) is 2. The number of rotatable bonds is 11. The van der Waals surface area contributed by atoms with Crippen molar-refractivity contribution < 1.29 is 24.2 Å². The third-order valence-corrected chi connectivity index (χ3v) is 7.96. The molecule has 2 saturated heterocycles. The first-order valence-electron chi connectivity index (χ1n) is 13.8. The van der Waals surface area contributed by atoms with E-state index in [9.17, 15) is 19.5 Å². The molecule has 0 aliphatic carbocycles. The number of hydrogen-bond donors (Lipinski definition) is 2. The van der Waals surface area contributed by atoms with Crippen molar-refractivity contribution in [1.29, 1.82) is 0 Å². The van der Waals surface area contributed by atoms with E-state index in [4.69, 9.17) is 4.74 Å². The molecule has 2 rings (SSSR count). The molecule has 0 unspecified atom stereocenters. The summed E-state index contributed by atoms with van der Waals surface area (Å²) in [6, 6.07) is -1.50. The van der Waals surface area contributed by atoms with E-state index in [2.05, 4.69) is 10.2 Å². The van der Waals surface area contributed by atoms with Gasteiger partial charge in [-0.05, 0) is 58.0 Å². The lowest BCUT2D eigenvalue weighted by Gasteiger charge is -2.36. The molecule has 2 heterocycles. The van der Waals surface area contributed by atoms with E-state index >= 15 is 0 Å². The molecule has 0 bridgehead atoms. The summed E-state index contributed by atoms with van der Waals surface area (Å²) in [4.78, 5) is 45.7. The second-order valence-corrected chi connectivity index (χ2v) is 11.5. The van der Waals surface area contributed by atoms with Crippen LogP contribution in [0.4, 0.5) is 0 Å². The smallest absolute Gasteiger partial charge is 0.249 e. The summed E-state index contributed by atoms with van der Waals surface area (Å²) in [6.45, 7) is 10.9. The second-order valence-electron chi connectivity index (χ2n) is 11.5. The molecule has 9 heteroatoms. The third kappa shape index (κ3) is 7.77. The SMILES string of the molecule is COC[C@@H]1CC[C@@H](CO)N1C(=O)C(C)=C[C@H](C(C)C)N(C)C(=O)[C@@H](NC(=O)[C@H]1CCCCN1C)C(C)C. The largest absolute Gasteiger partial charge is 0.394 e. The summed E-state index contributed by atoms with van der Waals surface area (Å²) < 4.78 is 5.31. The molecular formula is C28H50N4O5. The topological polar surface area (TPSA) is 102 Å². The first kappa shape index (κ1) is 31.2. The van der Waals surface area contributed by atoms with Gasteiger partial charge in [0.2, 0.25) is 17.7 Å². The molecular weight excluding hydrogens is 472 g/mol. The van der Waals surface area contributed by atoms with Gasteiger partial charge in [-0.1, -0.05) is 40.2 Å². The number of aliphatic hydroxyl groups excluding tert-OH is 1. The van der Waals surface area contributed by atoms with Crippen LogP contribution in [-0.4, -0.2) is 109 Å². The minimum atomic E-state index is -0.651. The molecule has 0 saturated carbocycles. The summed E-state index contributed by atoms with van der Waals surface area (Å²) >= 11 is 0. The maximum Gasteiger partial charge on any atom is 0.249 e. The summed E-state index contributed by atoms with van der Waals surface area (Å²) in [5.41, 5.74) is 0.536. The minimum absolute atomic E-state index is 0.0479. The first-order chi connectivity index (χ1) is 17.4. The molecule has 0 aromatic rings. The fraction of sp³-hybridized carbons (Fsp3) is 0.821. The monoisotopic (exact) mass is 522 g/mol. The number of likely N-dealkylation sites (tertiary alicyclic amines) is 2. The molecule has 5 atom stereocenters. The van der Waals surface area contributed by atoms with Crippen LogP contribution >= 0.6 is 0 Å². The molecule has 0 radical (unpaired) electrons. The highest BCUT2D eigenvalue weighted by atomic mass is 16.5. The van der Waals surface area contributed by atoms with Gasteiger partial charge in [-0.2, -0.15) is 0 Å². The molecule has 0 aromatic heterocycles. The van der Waals surface area contributed by atoms with Crippen LogP contribution < -0.4 is 5.32 Å². The Morgan fingerprint density at radius 3 is 2.27 bits per heavy atom. The number of carbonyl (C=O) groups is 3. The molecule has 2 N–H and O–H groups in total. The van der Waals surface area contributed by atoms with Crippen molar-refractivity contribution in [1.82, 2.24) is 20.0 Å². The number of carbonyl (C=O) groups excluding carboxylic acids is 3. The normalized spacial score (nSPS) is 24.9. The van der Waals surface area contributed by atoms with Crippen LogP contribution in [0.5, 0.6) is 0 Å². The maximum absolute atomic E-state index is 13.7. The number of aliphatic hydroxyl groups is 1.